The van der Waals surface area contributed by atoms with Gasteiger partial charge in [-0.1, -0.05) is 6.07 Å². The van der Waals surface area contributed by atoms with E-state index in [1.54, 1.807) is 0 Å². The van der Waals surface area contributed by atoms with Crippen molar-refractivity contribution in [1.82, 2.24) is 20.2 Å². The van der Waals surface area contributed by atoms with Gasteiger partial charge in [0.2, 0.25) is 5.88 Å². The topological polar surface area (TPSA) is 109 Å². The van der Waals surface area contributed by atoms with Gasteiger partial charge in [0.15, 0.2) is 5.82 Å². The summed E-state index contributed by atoms with van der Waals surface area (Å²) < 4.78 is 103. The number of hydrogen-bond acceptors (Lipinski definition) is 9. The Bertz CT molecular complexity index is 2000. The Hall–Kier alpha value is -3.87. The maximum Gasteiger partial charge on any atom is 0.417 e. The highest BCUT2D eigenvalue weighted by atomic mass is 32.1. The van der Waals surface area contributed by atoms with Crippen molar-refractivity contribution in [3.05, 3.63) is 41.0 Å². The number of nitrogen functional groups attached to an aromatic ring is 1. The van der Waals surface area contributed by atoms with Crippen molar-refractivity contribution in [2.24, 2.45) is 5.41 Å². The van der Waals surface area contributed by atoms with Crippen LogP contribution in [0.1, 0.15) is 49.7 Å². The molecule has 8 nitrogen and oxygen atoms in total. The normalized spacial score (nSPS) is 27.1. The number of nitrogens with zero attached hydrogens (tertiary/aromatic N) is 4. The Labute approximate surface area is 274 Å². The molecule has 2 unspecified atom stereocenters. The zero-order valence-corrected chi connectivity index (χ0v) is 26.3. The van der Waals surface area contributed by atoms with Crippen molar-refractivity contribution in [2.75, 3.05) is 38.5 Å². The molecule has 1 aliphatic carbocycles. The van der Waals surface area contributed by atoms with Gasteiger partial charge in [0.25, 0.3) is 0 Å². The molecule has 0 amide bonds. The van der Waals surface area contributed by atoms with Crippen LogP contribution in [0.2, 0.25) is 0 Å². The SMILES string of the molecule is N#Cc1c(N)sc2c(F)ccc(-c3c(C(F)(F)F)cc4c(OC5CC6(CCNC6)C5)nc(OCC56CCCN5CC(F)C6)nc4c3F)c12. The first-order valence-corrected chi connectivity index (χ1v) is 16.6. The predicted octanol–water partition coefficient (Wildman–Crippen LogP) is 6.74. The minimum Gasteiger partial charge on any atom is -0.474 e. The van der Waals surface area contributed by atoms with Gasteiger partial charge >= 0.3 is 12.2 Å². The summed E-state index contributed by atoms with van der Waals surface area (Å²) in [6.07, 6.45) is -2.46. The summed E-state index contributed by atoms with van der Waals surface area (Å²) in [5.74, 6) is -2.43. The van der Waals surface area contributed by atoms with Crippen LogP contribution in [-0.2, 0) is 6.18 Å². The number of halogens is 6. The van der Waals surface area contributed by atoms with E-state index in [2.05, 4.69) is 15.3 Å². The molecule has 2 aromatic carbocycles. The van der Waals surface area contributed by atoms with Gasteiger partial charge in [-0.2, -0.15) is 28.4 Å². The van der Waals surface area contributed by atoms with Crippen LogP contribution in [0.5, 0.6) is 11.9 Å². The standard InChI is InChI=1S/C33H30F6N6O2S/c34-16-9-32(4-1-7-45(32)13-16)15-46-30-43-26-19(29(44-30)47-17-10-31(11-17)5-6-42-14-31)8-21(33(37,38)39)24(25(26)36)18-2-3-22(35)27-23(18)20(12-40)28(41)48-27/h2-3,8,16-17,42H,1,4-7,9-11,13-15,41H2. The van der Waals surface area contributed by atoms with E-state index >= 15 is 4.39 Å². The van der Waals surface area contributed by atoms with Crippen molar-refractivity contribution in [2.45, 2.75) is 62.5 Å². The number of nitrogens with two attached hydrogens (primary N) is 1. The third-order valence-electron chi connectivity index (χ3n) is 10.5. The third kappa shape index (κ3) is 4.94. The molecule has 3 saturated heterocycles. The highest BCUT2D eigenvalue weighted by Crippen LogP contribution is 2.50. The second-order valence-electron chi connectivity index (χ2n) is 13.5. The molecule has 8 rings (SSSR count). The Balaban J connectivity index is 1.29. The number of ether oxygens (including phenoxy) is 2. The summed E-state index contributed by atoms with van der Waals surface area (Å²) in [6, 6.07) is 4.16. The van der Waals surface area contributed by atoms with Gasteiger partial charge in [0.1, 0.15) is 41.3 Å². The first-order valence-electron chi connectivity index (χ1n) is 15.8. The van der Waals surface area contributed by atoms with Crippen LogP contribution in [0.4, 0.5) is 31.3 Å². The summed E-state index contributed by atoms with van der Waals surface area (Å²) in [5, 5.41) is 12.5. The molecule has 0 bridgehead atoms. The number of fused-ring (bicyclic) bond motifs is 3. The second kappa shape index (κ2) is 11.1. The summed E-state index contributed by atoms with van der Waals surface area (Å²) in [5.41, 5.74) is 1.98. The third-order valence-corrected chi connectivity index (χ3v) is 11.6. The van der Waals surface area contributed by atoms with Crippen LogP contribution in [0.15, 0.2) is 18.2 Å². The van der Waals surface area contributed by atoms with Crippen LogP contribution in [-0.4, -0.2) is 65.5 Å². The fourth-order valence-electron chi connectivity index (χ4n) is 8.27. The zero-order valence-electron chi connectivity index (χ0n) is 25.5. The molecule has 0 radical (unpaired) electrons. The van der Waals surface area contributed by atoms with Crippen molar-refractivity contribution in [1.29, 1.82) is 5.26 Å². The lowest BCUT2D eigenvalue weighted by atomic mass is 9.66. The van der Waals surface area contributed by atoms with Gasteiger partial charge in [-0.25, -0.2) is 13.2 Å². The lowest BCUT2D eigenvalue weighted by Gasteiger charge is -2.44. The molecule has 3 aliphatic heterocycles. The van der Waals surface area contributed by atoms with E-state index in [4.69, 9.17) is 15.2 Å². The molecule has 48 heavy (non-hydrogen) atoms. The number of thiophene rings is 1. The quantitative estimate of drug-likeness (QED) is 0.215. The fraction of sp³-hybridized carbons (Fsp3) is 0.485. The largest absolute Gasteiger partial charge is 0.474 e. The number of rotatable bonds is 6. The molecule has 2 aromatic heterocycles. The Morgan fingerprint density at radius 3 is 2.71 bits per heavy atom. The fourth-order valence-corrected chi connectivity index (χ4v) is 9.22. The molecule has 4 aliphatic rings. The monoisotopic (exact) mass is 688 g/mol. The lowest BCUT2D eigenvalue weighted by Crippen LogP contribution is -2.45. The van der Waals surface area contributed by atoms with E-state index in [9.17, 15) is 27.2 Å². The molecule has 1 spiro atoms. The summed E-state index contributed by atoms with van der Waals surface area (Å²) in [7, 11) is 0. The number of alkyl halides is 4. The molecule has 3 N–H and O–H groups in total. The Morgan fingerprint density at radius 1 is 1.17 bits per heavy atom. The molecular formula is C33H30F6N6O2S. The molecule has 252 valence electrons. The van der Waals surface area contributed by atoms with Gasteiger partial charge < -0.3 is 20.5 Å². The van der Waals surface area contributed by atoms with Crippen molar-refractivity contribution in [3.63, 3.8) is 0 Å². The van der Waals surface area contributed by atoms with E-state index < -0.39 is 46.2 Å². The molecule has 5 heterocycles. The van der Waals surface area contributed by atoms with E-state index in [-0.39, 0.29) is 74.6 Å². The second-order valence-corrected chi connectivity index (χ2v) is 14.6. The van der Waals surface area contributed by atoms with E-state index in [0.29, 0.717) is 37.1 Å². The highest BCUT2D eigenvalue weighted by molar-refractivity contribution is 7.23. The number of benzene rings is 2. The number of aromatic nitrogens is 2. The molecule has 2 atom stereocenters. The number of anilines is 1. The summed E-state index contributed by atoms with van der Waals surface area (Å²) in [6.45, 7) is 2.65. The van der Waals surface area contributed by atoms with E-state index in [1.807, 2.05) is 11.0 Å². The average molecular weight is 689 g/mol. The Kier molecular flexibility index (Phi) is 7.25. The maximum absolute atomic E-state index is 16.9. The summed E-state index contributed by atoms with van der Waals surface area (Å²) >= 11 is 0.692. The van der Waals surface area contributed by atoms with Gasteiger partial charge in [-0.15, -0.1) is 11.3 Å². The smallest absolute Gasteiger partial charge is 0.417 e. The molecule has 4 fully saturated rings. The van der Waals surface area contributed by atoms with Crippen LogP contribution < -0.4 is 20.5 Å². The van der Waals surface area contributed by atoms with E-state index in [1.165, 1.54) is 0 Å². The highest BCUT2D eigenvalue weighted by Gasteiger charge is 2.50. The number of nitriles is 1. The van der Waals surface area contributed by atoms with Gasteiger partial charge in [0, 0.05) is 30.5 Å². The number of hydrogen-bond donors (Lipinski definition) is 2. The molecular weight excluding hydrogens is 658 g/mol. The molecule has 15 heteroatoms. The van der Waals surface area contributed by atoms with Crippen molar-refractivity contribution in [3.8, 4) is 29.1 Å². The number of nitrogens with one attached hydrogen (secondary N) is 1. The maximum atomic E-state index is 16.9. The first kappa shape index (κ1) is 31.4. The zero-order chi connectivity index (χ0) is 33.6. The Morgan fingerprint density at radius 2 is 1.98 bits per heavy atom. The van der Waals surface area contributed by atoms with Crippen LogP contribution >= 0.6 is 11.3 Å². The van der Waals surface area contributed by atoms with Crippen LogP contribution in [0.25, 0.3) is 32.1 Å². The van der Waals surface area contributed by atoms with Gasteiger partial charge in [0.05, 0.1) is 26.8 Å². The average Bonchev–Trinajstić information content (AvgIpc) is 3.79. The van der Waals surface area contributed by atoms with Crippen LogP contribution in [0.3, 0.4) is 0 Å². The van der Waals surface area contributed by atoms with E-state index in [0.717, 1.165) is 44.1 Å². The van der Waals surface area contributed by atoms with Gasteiger partial charge in [-0.05, 0) is 68.3 Å². The lowest BCUT2D eigenvalue weighted by molar-refractivity contribution is -0.137. The van der Waals surface area contributed by atoms with Crippen molar-refractivity contribution >= 4 is 37.3 Å². The first-order chi connectivity index (χ1) is 22.9. The van der Waals surface area contributed by atoms with Crippen LogP contribution in [0, 0.1) is 28.4 Å². The van der Waals surface area contributed by atoms with Gasteiger partial charge in [-0.3, -0.25) is 4.90 Å². The minimum absolute atomic E-state index is 0.00395. The molecule has 1 saturated carbocycles. The minimum atomic E-state index is -5.08. The predicted molar refractivity (Wildman–Crippen MR) is 167 cm³/mol. The van der Waals surface area contributed by atoms with Crippen molar-refractivity contribution < 1.29 is 35.8 Å². The molecule has 4 aromatic rings. The summed E-state index contributed by atoms with van der Waals surface area (Å²) in [4.78, 5) is 10.6.